The Morgan fingerprint density at radius 2 is 1.94 bits per heavy atom. The molecule has 2 rings (SSSR count). The highest BCUT2D eigenvalue weighted by Gasteiger charge is 2.30. The third kappa shape index (κ3) is 2.97. The van der Waals surface area contributed by atoms with Crippen LogP contribution in [0, 0.1) is 5.41 Å². The summed E-state index contributed by atoms with van der Waals surface area (Å²) in [5.74, 6) is 0.495. The van der Waals surface area contributed by atoms with E-state index in [1.165, 1.54) is 25.7 Å². The van der Waals surface area contributed by atoms with E-state index in [0.717, 1.165) is 0 Å². The molecule has 1 aliphatic rings. The lowest BCUT2D eigenvalue weighted by Gasteiger charge is -2.37. The van der Waals surface area contributed by atoms with Crippen LogP contribution in [0.2, 0.25) is 0 Å². The summed E-state index contributed by atoms with van der Waals surface area (Å²) < 4.78 is 5.58. The summed E-state index contributed by atoms with van der Waals surface area (Å²) in [7, 11) is 2.03. The summed E-state index contributed by atoms with van der Waals surface area (Å²) in [6, 6.07) is 1.08. The molecule has 5 heteroatoms. The number of rotatable bonds is 3. The molecule has 1 saturated carbocycles. The molecule has 0 radical (unpaired) electrons. The van der Waals surface area contributed by atoms with E-state index in [4.69, 9.17) is 16.0 Å². The summed E-state index contributed by atoms with van der Waals surface area (Å²) in [4.78, 5) is 2.10. The van der Waals surface area contributed by atoms with Crippen LogP contribution in [0.5, 0.6) is 0 Å². The lowest BCUT2D eigenvalue weighted by atomic mass is 9.75. The third-order valence-electron chi connectivity index (χ3n) is 3.93. The van der Waals surface area contributed by atoms with Crippen LogP contribution in [-0.2, 0) is 0 Å². The first-order valence-corrected chi connectivity index (χ1v) is 7.03. The summed E-state index contributed by atoms with van der Waals surface area (Å²) >= 11 is 5.93. The molecule has 102 valence electrons. The van der Waals surface area contributed by atoms with E-state index >= 15 is 0 Å². The first kappa shape index (κ1) is 13.7. The van der Waals surface area contributed by atoms with Gasteiger partial charge in [-0.25, -0.2) is 0 Å². The van der Waals surface area contributed by atoms with Crippen molar-refractivity contribution < 1.29 is 4.42 Å². The van der Waals surface area contributed by atoms with Crippen LogP contribution in [-0.4, -0.2) is 23.3 Å². The van der Waals surface area contributed by atoms with Gasteiger partial charge in [0.05, 0.1) is 0 Å². The van der Waals surface area contributed by atoms with Gasteiger partial charge in [-0.15, -0.1) is 16.7 Å². The Morgan fingerprint density at radius 3 is 2.44 bits per heavy atom. The van der Waals surface area contributed by atoms with E-state index in [1.54, 1.807) is 0 Å². The van der Waals surface area contributed by atoms with Gasteiger partial charge < -0.3 is 9.32 Å². The highest BCUT2D eigenvalue weighted by Crippen LogP contribution is 2.37. The number of nitrogens with zero attached hydrogens (tertiary/aromatic N) is 3. The zero-order chi connectivity index (χ0) is 13.3. The fraction of sp³-hybridized carbons (Fsp3) is 0.846. The number of hydrogen-bond donors (Lipinski definition) is 0. The summed E-state index contributed by atoms with van der Waals surface area (Å²) in [6.45, 7) is 6.51. The van der Waals surface area contributed by atoms with E-state index in [9.17, 15) is 0 Å². The van der Waals surface area contributed by atoms with Crippen molar-refractivity contribution >= 4 is 17.6 Å². The van der Waals surface area contributed by atoms with E-state index < -0.39 is 0 Å². The molecule has 1 aromatic heterocycles. The standard InChI is InChI=1S/C13H22ClN3O/c1-9(14)11-15-16-12(18-11)17(4)10-5-7-13(2,3)8-6-10/h9-10H,5-8H2,1-4H3. The van der Waals surface area contributed by atoms with Gasteiger partial charge in [-0.1, -0.05) is 18.9 Å². The summed E-state index contributed by atoms with van der Waals surface area (Å²) in [6.07, 6.45) is 4.85. The Balaban J connectivity index is 2.00. The maximum Gasteiger partial charge on any atom is 0.318 e. The number of hydrogen-bond acceptors (Lipinski definition) is 4. The minimum atomic E-state index is -0.232. The van der Waals surface area contributed by atoms with Crippen molar-refractivity contribution in [2.75, 3.05) is 11.9 Å². The molecule has 0 N–H and O–H groups in total. The first-order chi connectivity index (χ1) is 8.39. The predicted octanol–water partition coefficient (Wildman–Crippen LogP) is 3.77. The highest BCUT2D eigenvalue weighted by atomic mass is 35.5. The van der Waals surface area contributed by atoms with Crippen LogP contribution in [0.3, 0.4) is 0 Å². The molecule has 18 heavy (non-hydrogen) atoms. The van der Waals surface area contributed by atoms with Gasteiger partial charge in [0.25, 0.3) is 0 Å². The van der Waals surface area contributed by atoms with Crippen molar-refractivity contribution in [2.24, 2.45) is 5.41 Å². The van der Waals surface area contributed by atoms with Crippen molar-refractivity contribution in [2.45, 2.75) is 57.9 Å². The zero-order valence-electron chi connectivity index (χ0n) is 11.6. The van der Waals surface area contributed by atoms with Gasteiger partial charge in [0.1, 0.15) is 5.38 Å². The van der Waals surface area contributed by atoms with Crippen molar-refractivity contribution in [1.82, 2.24) is 10.2 Å². The molecule has 0 amide bonds. The van der Waals surface area contributed by atoms with Crippen molar-refractivity contribution in [3.63, 3.8) is 0 Å². The summed E-state index contributed by atoms with van der Waals surface area (Å²) in [5, 5.41) is 7.81. The van der Waals surface area contributed by atoms with Gasteiger partial charge >= 0.3 is 6.01 Å². The number of aromatic nitrogens is 2. The average molecular weight is 272 g/mol. The van der Waals surface area contributed by atoms with Crippen LogP contribution in [0.1, 0.15) is 57.7 Å². The van der Waals surface area contributed by atoms with Crippen molar-refractivity contribution in [3.05, 3.63) is 5.89 Å². The molecule has 0 aliphatic heterocycles. The molecule has 0 spiro atoms. The van der Waals surface area contributed by atoms with Gasteiger partial charge in [0.2, 0.25) is 5.89 Å². The van der Waals surface area contributed by atoms with E-state index in [-0.39, 0.29) is 5.38 Å². The van der Waals surface area contributed by atoms with E-state index in [0.29, 0.717) is 23.4 Å². The first-order valence-electron chi connectivity index (χ1n) is 6.59. The number of anilines is 1. The van der Waals surface area contributed by atoms with Crippen LogP contribution in [0.25, 0.3) is 0 Å². The number of halogens is 1. The van der Waals surface area contributed by atoms with E-state index in [2.05, 4.69) is 28.9 Å². The van der Waals surface area contributed by atoms with E-state index in [1.807, 2.05) is 14.0 Å². The topological polar surface area (TPSA) is 42.2 Å². The molecular formula is C13H22ClN3O. The minimum absolute atomic E-state index is 0.232. The molecule has 4 nitrogen and oxygen atoms in total. The molecule has 1 fully saturated rings. The molecule has 0 aromatic carbocycles. The predicted molar refractivity (Wildman–Crippen MR) is 73.0 cm³/mol. The monoisotopic (exact) mass is 271 g/mol. The van der Waals surface area contributed by atoms with Gasteiger partial charge in [-0.3, -0.25) is 0 Å². The Bertz CT molecular complexity index is 393. The molecule has 1 heterocycles. The second-order valence-corrected chi connectivity index (χ2v) is 6.70. The average Bonchev–Trinajstić information content (AvgIpc) is 2.77. The summed E-state index contributed by atoms with van der Waals surface area (Å²) in [5.41, 5.74) is 0.474. The Kier molecular flexibility index (Phi) is 3.85. The zero-order valence-corrected chi connectivity index (χ0v) is 12.4. The molecule has 1 aliphatic carbocycles. The molecule has 1 aromatic rings. The fourth-order valence-electron chi connectivity index (χ4n) is 2.46. The third-order valence-corrected chi connectivity index (χ3v) is 4.12. The Labute approximate surface area is 114 Å². The lowest BCUT2D eigenvalue weighted by Crippen LogP contribution is -2.37. The quantitative estimate of drug-likeness (QED) is 0.785. The van der Waals surface area contributed by atoms with Crippen LogP contribution in [0.4, 0.5) is 6.01 Å². The number of alkyl halides is 1. The normalized spacial score (nSPS) is 21.8. The SMILES string of the molecule is CC(Cl)c1nnc(N(C)C2CCC(C)(C)CC2)o1. The Hall–Kier alpha value is -0.770. The Morgan fingerprint density at radius 1 is 1.33 bits per heavy atom. The van der Waals surface area contributed by atoms with Gasteiger partial charge in [0, 0.05) is 13.1 Å². The van der Waals surface area contributed by atoms with Gasteiger partial charge in [-0.05, 0) is 38.0 Å². The van der Waals surface area contributed by atoms with Crippen molar-refractivity contribution in [1.29, 1.82) is 0 Å². The smallest absolute Gasteiger partial charge is 0.318 e. The second kappa shape index (κ2) is 5.08. The minimum Gasteiger partial charge on any atom is -0.406 e. The molecule has 1 atom stereocenters. The maximum atomic E-state index is 5.93. The van der Waals surface area contributed by atoms with Gasteiger partial charge in [-0.2, -0.15) is 0 Å². The van der Waals surface area contributed by atoms with Gasteiger partial charge in [0.15, 0.2) is 0 Å². The van der Waals surface area contributed by atoms with Crippen LogP contribution in [0.15, 0.2) is 4.42 Å². The molecule has 0 bridgehead atoms. The highest BCUT2D eigenvalue weighted by molar-refractivity contribution is 6.20. The van der Waals surface area contributed by atoms with Crippen LogP contribution >= 0.6 is 11.6 Å². The fourth-order valence-corrected chi connectivity index (χ4v) is 2.55. The largest absolute Gasteiger partial charge is 0.406 e. The lowest BCUT2D eigenvalue weighted by molar-refractivity contribution is 0.219. The van der Waals surface area contributed by atoms with Crippen molar-refractivity contribution in [3.8, 4) is 0 Å². The molecule has 0 saturated heterocycles. The maximum absolute atomic E-state index is 5.93. The second-order valence-electron chi connectivity index (χ2n) is 6.05. The molecular weight excluding hydrogens is 250 g/mol. The van der Waals surface area contributed by atoms with Crippen LogP contribution < -0.4 is 4.90 Å². The molecule has 1 unspecified atom stereocenters.